The molecule has 0 radical (unpaired) electrons. The Hall–Kier alpha value is -0.910. The molecule has 2 N–H and O–H groups in total. The van der Waals surface area contributed by atoms with Crippen LogP contribution in [0, 0.1) is 6.92 Å². The average molecular weight is 301 g/mol. The second-order valence-electron chi connectivity index (χ2n) is 3.58. The van der Waals surface area contributed by atoms with E-state index in [9.17, 15) is 0 Å². The number of nitrogen functional groups attached to an aromatic ring is 1. The van der Waals surface area contributed by atoms with Gasteiger partial charge in [0.25, 0.3) is 0 Å². The zero-order valence-electron chi connectivity index (χ0n) is 9.85. The van der Waals surface area contributed by atoms with Gasteiger partial charge in [0.1, 0.15) is 5.75 Å². The molecule has 1 aromatic heterocycles. The molecule has 6 heteroatoms. The quantitative estimate of drug-likeness (QED) is 0.673. The number of anilines is 1. The fourth-order valence-corrected chi connectivity index (χ4v) is 3.40. The van der Waals surface area contributed by atoms with Gasteiger partial charge in [-0.25, -0.2) is 4.98 Å². The molecule has 0 aliphatic rings. The van der Waals surface area contributed by atoms with Gasteiger partial charge in [-0.15, -0.1) is 11.8 Å². The Morgan fingerprint density at radius 3 is 2.72 bits per heavy atom. The monoisotopic (exact) mass is 300 g/mol. The summed E-state index contributed by atoms with van der Waals surface area (Å²) in [6, 6.07) is 7.36. The minimum absolute atomic E-state index is 0.619. The Morgan fingerprint density at radius 1 is 1.39 bits per heavy atom. The molecule has 0 amide bonds. The number of aryl methyl sites for hydroxylation is 1. The second kappa shape index (κ2) is 6.31. The third-order valence-electron chi connectivity index (χ3n) is 2.17. The number of nitrogens with zero attached hydrogens (tertiary/aromatic N) is 1. The van der Waals surface area contributed by atoms with Gasteiger partial charge < -0.3 is 10.5 Å². The van der Waals surface area contributed by atoms with Gasteiger partial charge in [0.05, 0.1) is 16.5 Å². The number of rotatable bonds is 5. The first-order valence-electron chi connectivity index (χ1n) is 5.39. The van der Waals surface area contributed by atoms with Gasteiger partial charge in [-0.3, -0.25) is 0 Å². The average Bonchev–Trinajstić information content (AvgIpc) is 2.66. The second-order valence-corrected chi connectivity index (χ2v) is 6.41. The predicted octanol–water partition coefficient (Wildman–Crippen LogP) is 3.86. The lowest BCUT2D eigenvalue weighted by Gasteiger charge is -2.05. The molecule has 1 heterocycles. The summed E-state index contributed by atoms with van der Waals surface area (Å²) in [5, 5.41) is 1.33. The summed E-state index contributed by atoms with van der Waals surface area (Å²) < 4.78 is 6.76. The molecule has 2 rings (SSSR count). The Labute approximate surface area is 119 Å². The van der Waals surface area contributed by atoms with Crippen LogP contribution < -0.4 is 10.5 Å². The zero-order valence-corrected chi connectivity index (χ0v) is 12.2. The van der Waals surface area contributed by atoms with Crippen molar-refractivity contribution in [2.45, 2.75) is 11.1 Å². The highest BCUT2D eigenvalue weighted by Gasteiger charge is 2.05. The van der Waals surface area contributed by atoms with E-state index in [4.69, 9.17) is 22.1 Å². The lowest BCUT2D eigenvalue weighted by atomic mass is 10.3. The van der Waals surface area contributed by atoms with E-state index >= 15 is 0 Å². The molecule has 2 aromatic rings. The van der Waals surface area contributed by atoms with Crippen molar-refractivity contribution in [3.05, 3.63) is 35.0 Å². The molecule has 18 heavy (non-hydrogen) atoms. The molecular weight excluding hydrogens is 288 g/mol. The molecule has 0 saturated carbocycles. The Morgan fingerprint density at radius 2 is 2.11 bits per heavy atom. The minimum Gasteiger partial charge on any atom is -0.493 e. The van der Waals surface area contributed by atoms with E-state index in [1.54, 1.807) is 11.8 Å². The van der Waals surface area contributed by atoms with Gasteiger partial charge in [-0.05, 0) is 31.2 Å². The fraction of sp³-hybridized carbons (Fsp3) is 0.250. The molecule has 1 aromatic carbocycles. The SMILES string of the molecule is Cc1nc(N)sc1SCCOc1ccc(Cl)cc1. The number of aromatic nitrogens is 1. The van der Waals surface area contributed by atoms with Crippen LogP contribution in [-0.4, -0.2) is 17.3 Å². The molecule has 0 saturated heterocycles. The van der Waals surface area contributed by atoms with Gasteiger partial charge in [-0.2, -0.15) is 0 Å². The van der Waals surface area contributed by atoms with Crippen molar-refractivity contribution in [3.63, 3.8) is 0 Å². The van der Waals surface area contributed by atoms with Crippen LogP contribution in [0.25, 0.3) is 0 Å². The van der Waals surface area contributed by atoms with E-state index in [0.717, 1.165) is 21.4 Å². The topological polar surface area (TPSA) is 48.1 Å². The highest BCUT2D eigenvalue weighted by atomic mass is 35.5. The van der Waals surface area contributed by atoms with Crippen molar-refractivity contribution < 1.29 is 4.74 Å². The lowest BCUT2D eigenvalue weighted by Crippen LogP contribution is -1.99. The summed E-state index contributed by atoms with van der Waals surface area (Å²) in [4.78, 5) is 4.18. The number of hydrogen-bond acceptors (Lipinski definition) is 5. The van der Waals surface area contributed by atoms with Gasteiger partial charge in [0, 0.05) is 10.8 Å². The van der Waals surface area contributed by atoms with Crippen molar-refractivity contribution >= 4 is 39.8 Å². The summed E-state index contributed by atoms with van der Waals surface area (Å²) in [5.74, 6) is 1.70. The smallest absolute Gasteiger partial charge is 0.181 e. The number of thioether (sulfide) groups is 1. The molecule has 96 valence electrons. The van der Waals surface area contributed by atoms with Crippen LogP contribution in [0.15, 0.2) is 28.5 Å². The molecule has 0 unspecified atom stereocenters. The lowest BCUT2D eigenvalue weighted by molar-refractivity contribution is 0.344. The summed E-state index contributed by atoms with van der Waals surface area (Å²) in [6.45, 7) is 2.61. The Bertz CT molecular complexity index is 513. The largest absolute Gasteiger partial charge is 0.493 e. The van der Waals surface area contributed by atoms with Crippen molar-refractivity contribution in [2.24, 2.45) is 0 Å². The molecule has 3 nitrogen and oxygen atoms in total. The maximum atomic E-state index is 5.80. The molecule has 0 aliphatic carbocycles. The van der Waals surface area contributed by atoms with E-state index in [1.807, 2.05) is 31.2 Å². The van der Waals surface area contributed by atoms with Crippen LogP contribution in [0.2, 0.25) is 5.02 Å². The van der Waals surface area contributed by atoms with Gasteiger partial charge in [0.15, 0.2) is 5.13 Å². The van der Waals surface area contributed by atoms with Gasteiger partial charge in [0.2, 0.25) is 0 Å². The van der Waals surface area contributed by atoms with Crippen molar-refractivity contribution in [3.8, 4) is 5.75 Å². The number of hydrogen-bond donors (Lipinski definition) is 1. The molecule has 0 bridgehead atoms. The zero-order chi connectivity index (χ0) is 13.0. The van der Waals surface area contributed by atoms with Crippen LogP contribution in [0.5, 0.6) is 5.75 Å². The highest BCUT2D eigenvalue weighted by molar-refractivity contribution is 8.01. The number of benzene rings is 1. The van der Waals surface area contributed by atoms with Crippen LogP contribution in [0.1, 0.15) is 5.69 Å². The molecule has 0 aliphatic heterocycles. The fourth-order valence-electron chi connectivity index (χ4n) is 1.36. The van der Waals surface area contributed by atoms with Gasteiger partial charge in [-0.1, -0.05) is 22.9 Å². The first kappa shape index (κ1) is 13.5. The van der Waals surface area contributed by atoms with Crippen LogP contribution in [-0.2, 0) is 0 Å². The highest BCUT2D eigenvalue weighted by Crippen LogP contribution is 2.30. The van der Waals surface area contributed by atoms with Crippen molar-refractivity contribution in [1.29, 1.82) is 0 Å². The number of halogens is 1. The number of nitrogens with two attached hydrogens (primary N) is 1. The number of ether oxygens (including phenoxy) is 1. The molecule has 0 atom stereocenters. The van der Waals surface area contributed by atoms with Crippen molar-refractivity contribution in [1.82, 2.24) is 4.98 Å². The van der Waals surface area contributed by atoms with E-state index in [2.05, 4.69) is 4.98 Å². The van der Waals surface area contributed by atoms with Crippen LogP contribution in [0.4, 0.5) is 5.13 Å². The van der Waals surface area contributed by atoms with E-state index in [0.29, 0.717) is 16.8 Å². The van der Waals surface area contributed by atoms with Crippen LogP contribution >= 0.6 is 34.7 Å². The normalized spacial score (nSPS) is 10.6. The van der Waals surface area contributed by atoms with Crippen molar-refractivity contribution in [2.75, 3.05) is 18.1 Å². The first-order chi connectivity index (χ1) is 8.65. The number of thiazole rings is 1. The third-order valence-corrected chi connectivity index (χ3v) is 4.73. The summed E-state index contributed by atoms with van der Waals surface area (Å²) in [5.41, 5.74) is 6.63. The maximum absolute atomic E-state index is 5.80. The Balaban J connectivity index is 1.76. The molecular formula is C12H13ClN2OS2. The third kappa shape index (κ3) is 3.80. The van der Waals surface area contributed by atoms with Crippen LogP contribution in [0.3, 0.4) is 0 Å². The Kier molecular flexibility index (Phi) is 4.74. The predicted molar refractivity (Wildman–Crippen MR) is 78.9 cm³/mol. The summed E-state index contributed by atoms with van der Waals surface area (Å²) >= 11 is 9.03. The van der Waals surface area contributed by atoms with E-state index < -0.39 is 0 Å². The van der Waals surface area contributed by atoms with E-state index in [1.165, 1.54) is 11.3 Å². The summed E-state index contributed by atoms with van der Waals surface area (Å²) in [7, 11) is 0. The molecule has 0 spiro atoms. The minimum atomic E-state index is 0.619. The summed E-state index contributed by atoms with van der Waals surface area (Å²) in [6.07, 6.45) is 0. The van der Waals surface area contributed by atoms with E-state index in [-0.39, 0.29) is 0 Å². The molecule has 0 fully saturated rings. The first-order valence-corrected chi connectivity index (χ1v) is 7.57. The standard InChI is InChI=1S/C12H13ClN2OS2/c1-8-11(18-12(14)15-8)17-7-6-16-10-4-2-9(13)3-5-10/h2-5H,6-7H2,1H3,(H2,14,15). The van der Waals surface area contributed by atoms with Gasteiger partial charge >= 0.3 is 0 Å². The maximum Gasteiger partial charge on any atom is 0.181 e.